The number of carboxylic acids is 1. The number of benzene rings is 4. The summed E-state index contributed by atoms with van der Waals surface area (Å²) in [5.74, 6) is 0.122. The van der Waals surface area contributed by atoms with E-state index in [1.54, 1.807) is 0 Å². The second kappa shape index (κ2) is 17.2. The predicted molar refractivity (Wildman–Crippen MR) is 213 cm³/mol. The van der Waals surface area contributed by atoms with Crippen molar-refractivity contribution in [3.8, 4) is 0 Å². The molecule has 5 nitrogen and oxygen atoms in total. The van der Waals surface area contributed by atoms with Crippen molar-refractivity contribution in [3.05, 3.63) is 146 Å². The zero-order valence-electron chi connectivity index (χ0n) is 28.5. The van der Waals surface area contributed by atoms with Gasteiger partial charge in [0.15, 0.2) is 0 Å². The first-order valence-electron chi connectivity index (χ1n) is 16.9. The van der Waals surface area contributed by atoms with Gasteiger partial charge in [-0.25, -0.2) is 4.98 Å². The Balaban J connectivity index is 0.000000470. The van der Waals surface area contributed by atoms with Crippen molar-refractivity contribution < 1.29 is 15.0 Å². The average Bonchev–Trinajstić information content (AvgIpc) is 3.86. The van der Waals surface area contributed by atoms with Crippen LogP contribution in [0, 0.1) is 5.41 Å². The van der Waals surface area contributed by atoms with E-state index in [9.17, 15) is 15.0 Å². The minimum absolute atomic E-state index is 0.0814. The van der Waals surface area contributed by atoms with E-state index in [0.29, 0.717) is 11.6 Å². The molecule has 6 rings (SSSR count). The van der Waals surface area contributed by atoms with Gasteiger partial charge in [0.05, 0.1) is 23.2 Å². The molecule has 1 fully saturated rings. The molecule has 0 saturated heterocycles. The Morgan fingerprint density at radius 3 is 2.44 bits per heavy atom. The van der Waals surface area contributed by atoms with Gasteiger partial charge in [-0.3, -0.25) is 4.79 Å². The number of carbonyl (C=O) groups is 1. The van der Waals surface area contributed by atoms with Crippen molar-refractivity contribution in [3.63, 3.8) is 0 Å². The number of hydrogen-bond donors (Lipinski definition) is 3. The number of nitrogens with zero attached hydrogens (tertiary/aromatic N) is 1. The maximum Gasteiger partial charge on any atom is 0.303 e. The topological polar surface area (TPSA) is 96.4 Å². The summed E-state index contributed by atoms with van der Waals surface area (Å²) in [6.07, 6.45) is 8.02. The lowest BCUT2D eigenvalue weighted by atomic mass is 9.90. The molecule has 0 unspecified atom stereocenters. The quantitative estimate of drug-likeness (QED) is 0.110. The molecule has 1 aromatic heterocycles. The summed E-state index contributed by atoms with van der Waals surface area (Å²) < 4.78 is 1.10. The summed E-state index contributed by atoms with van der Waals surface area (Å²) in [4.78, 5) is 16.2. The van der Waals surface area contributed by atoms with Gasteiger partial charge >= 0.3 is 5.97 Å². The molecule has 0 amide bonds. The highest BCUT2D eigenvalue weighted by atomic mass is 79.9. The van der Waals surface area contributed by atoms with E-state index in [1.165, 1.54) is 11.1 Å². The summed E-state index contributed by atoms with van der Waals surface area (Å²) in [5.41, 5.74) is 11.7. The molecule has 0 bridgehead atoms. The lowest BCUT2D eigenvalue weighted by molar-refractivity contribution is -0.138. The van der Waals surface area contributed by atoms with Crippen LogP contribution in [0.3, 0.4) is 0 Å². The van der Waals surface area contributed by atoms with Gasteiger partial charge in [-0.05, 0) is 109 Å². The Morgan fingerprint density at radius 1 is 1.00 bits per heavy atom. The van der Waals surface area contributed by atoms with Crippen LogP contribution in [0.15, 0.2) is 108 Å². The highest BCUT2D eigenvalue weighted by Crippen LogP contribution is 2.53. The normalized spacial score (nSPS) is 14.3. The van der Waals surface area contributed by atoms with Gasteiger partial charge in [0.25, 0.3) is 0 Å². The first kappa shape index (κ1) is 37.8. The third-order valence-corrected chi connectivity index (χ3v) is 11.4. The van der Waals surface area contributed by atoms with Gasteiger partial charge in [-0.2, -0.15) is 11.8 Å². The molecule has 1 aliphatic rings. The minimum atomic E-state index is -0.911. The standard InChI is InChI=1S/C35H36ClNO3S.C7H8BrN/c1-34(2,40)30-9-4-3-7-25(30)13-17-32(41-23-35(18-19-35)22-33(38)39)27-8-5-6-24(20-27)10-15-29-16-12-26-11-14-28(36)21-31(26)37-29;8-7-3-1-6(5-9)2-4-7/h3-12,14-16,20-21,32,40H,13,17-19,22-23H2,1-2H3,(H,38,39);1-4H,5,9H2/b15-10+;/t32-;/m1./s1. The number of rotatable bonds is 13. The molecule has 1 atom stereocenters. The van der Waals surface area contributed by atoms with Gasteiger partial charge in [-0.1, -0.05) is 106 Å². The van der Waals surface area contributed by atoms with Crippen molar-refractivity contribution >= 4 is 68.3 Å². The number of aliphatic hydroxyl groups is 1. The minimum Gasteiger partial charge on any atom is -0.481 e. The number of thioether (sulfide) groups is 1. The van der Waals surface area contributed by atoms with Crippen LogP contribution in [0.25, 0.3) is 23.1 Å². The molecule has 4 N–H and O–H groups in total. The molecule has 1 saturated carbocycles. The van der Waals surface area contributed by atoms with E-state index in [2.05, 4.69) is 58.4 Å². The maximum atomic E-state index is 11.5. The molecule has 0 aliphatic heterocycles. The number of carboxylic acid groups (broad SMARTS) is 1. The second-order valence-electron chi connectivity index (χ2n) is 13.5. The van der Waals surface area contributed by atoms with E-state index < -0.39 is 11.6 Å². The lowest BCUT2D eigenvalue weighted by Gasteiger charge is -2.24. The van der Waals surface area contributed by atoms with Gasteiger partial charge in [0, 0.05) is 32.4 Å². The smallest absolute Gasteiger partial charge is 0.303 e. The van der Waals surface area contributed by atoms with Gasteiger partial charge in [-0.15, -0.1) is 0 Å². The van der Waals surface area contributed by atoms with Crippen LogP contribution in [0.4, 0.5) is 0 Å². The van der Waals surface area contributed by atoms with Crippen molar-refractivity contribution in [2.45, 2.75) is 63.3 Å². The Kier molecular flexibility index (Phi) is 13.0. The van der Waals surface area contributed by atoms with Crippen LogP contribution in [0.1, 0.15) is 78.3 Å². The van der Waals surface area contributed by atoms with E-state index in [4.69, 9.17) is 22.3 Å². The Bertz CT molecular complexity index is 1940. The summed E-state index contributed by atoms with van der Waals surface area (Å²) in [7, 11) is 0. The predicted octanol–water partition coefficient (Wildman–Crippen LogP) is 10.9. The zero-order chi connectivity index (χ0) is 35.7. The van der Waals surface area contributed by atoms with Crippen LogP contribution < -0.4 is 5.73 Å². The third kappa shape index (κ3) is 11.0. The summed E-state index contributed by atoms with van der Waals surface area (Å²) >= 11 is 11.4. The van der Waals surface area contributed by atoms with Crippen LogP contribution in [-0.4, -0.2) is 26.9 Å². The zero-order valence-corrected chi connectivity index (χ0v) is 31.6. The summed E-state index contributed by atoms with van der Waals surface area (Å²) in [5, 5.41) is 22.1. The molecule has 0 radical (unpaired) electrons. The van der Waals surface area contributed by atoms with E-state index in [0.717, 1.165) is 69.2 Å². The molecule has 50 heavy (non-hydrogen) atoms. The highest BCUT2D eigenvalue weighted by Gasteiger charge is 2.44. The SMILES string of the molecule is CC(C)(O)c1ccccc1CC[C@@H](SCC1(CC(=O)O)CC1)c1cccc(/C=C/c2ccc3ccc(Cl)cc3n2)c1.NCc1ccc(Br)cc1. The first-order chi connectivity index (χ1) is 23.9. The number of hydrogen-bond acceptors (Lipinski definition) is 5. The molecule has 260 valence electrons. The molecular formula is C42H44BrClN2O3S. The van der Waals surface area contributed by atoms with Crippen LogP contribution in [0.5, 0.6) is 0 Å². The maximum absolute atomic E-state index is 11.5. The van der Waals surface area contributed by atoms with Crippen LogP contribution in [-0.2, 0) is 23.4 Å². The van der Waals surface area contributed by atoms with Crippen molar-refractivity contribution in [2.24, 2.45) is 11.1 Å². The number of nitrogens with two attached hydrogens (primary N) is 1. The van der Waals surface area contributed by atoms with Crippen LogP contribution in [0.2, 0.25) is 5.02 Å². The monoisotopic (exact) mass is 770 g/mol. The van der Waals surface area contributed by atoms with Crippen LogP contribution >= 0.6 is 39.3 Å². The van der Waals surface area contributed by atoms with Crippen molar-refractivity contribution in [1.29, 1.82) is 0 Å². The molecule has 1 heterocycles. The lowest BCUT2D eigenvalue weighted by Crippen LogP contribution is -2.18. The average molecular weight is 772 g/mol. The molecular weight excluding hydrogens is 728 g/mol. The Morgan fingerprint density at radius 2 is 1.74 bits per heavy atom. The molecule has 0 spiro atoms. The van der Waals surface area contributed by atoms with E-state index in [1.807, 2.05) is 98.4 Å². The van der Waals surface area contributed by atoms with Crippen molar-refractivity contribution in [2.75, 3.05) is 5.75 Å². The van der Waals surface area contributed by atoms with Gasteiger partial charge in [0.2, 0.25) is 0 Å². The van der Waals surface area contributed by atoms with Gasteiger partial charge in [0.1, 0.15) is 0 Å². The number of pyridine rings is 1. The summed E-state index contributed by atoms with van der Waals surface area (Å²) in [6.45, 7) is 4.28. The number of aryl methyl sites for hydroxylation is 1. The number of aromatic nitrogens is 1. The molecule has 8 heteroatoms. The van der Waals surface area contributed by atoms with E-state index >= 15 is 0 Å². The van der Waals surface area contributed by atoms with E-state index in [-0.39, 0.29) is 17.1 Å². The fraction of sp³-hybridized carbons (Fsp3) is 0.286. The number of fused-ring (bicyclic) bond motifs is 1. The largest absolute Gasteiger partial charge is 0.481 e. The second-order valence-corrected chi connectivity index (χ2v) is 16.1. The fourth-order valence-corrected chi connectivity index (χ4v) is 7.98. The Labute approximate surface area is 313 Å². The number of halogens is 2. The Hall–Kier alpha value is -3.46. The highest BCUT2D eigenvalue weighted by molar-refractivity contribution is 9.10. The third-order valence-electron chi connectivity index (χ3n) is 8.98. The fourth-order valence-electron chi connectivity index (χ4n) is 5.98. The first-order valence-corrected chi connectivity index (χ1v) is 19.1. The van der Waals surface area contributed by atoms with Gasteiger partial charge < -0.3 is 15.9 Å². The number of aliphatic carboxylic acids is 1. The molecule has 4 aromatic carbocycles. The molecule has 5 aromatic rings. The summed E-state index contributed by atoms with van der Waals surface area (Å²) in [6, 6.07) is 34.5. The molecule has 1 aliphatic carbocycles. The van der Waals surface area contributed by atoms with Crippen molar-refractivity contribution in [1.82, 2.24) is 4.98 Å².